The lowest BCUT2D eigenvalue weighted by atomic mass is 10.2. The first-order chi connectivity index (χ1) is 9.66. The van der Waals surface area contributed by atoms with Crippen molar-refractivity contribution in [2.24, 2.45) is 0 Å². The van der Waals surface area contributed by atoms with Gasteiger partial charge in [0.25, 0.3) is 0 Å². The zero-order valence-electron chi connectivity index (χ0n) is 11.7. The van der Waals surface area contributed by atoms with E-state index in [1.54, 1.807) is 19.2 Å². The molecule has 0 saturated carbocycles. The van der Waals surface area contributed by atoms with E-state index in [1.807, 2.05) is 6.92 Å². The summed E-state index contributed by atoms with van der Waals surface area (Å²) in [6.45, 7) is 1.98. The molecule has 0 aliphatic rings. The van der Waals surface area contributed by atoms with Gasteiger partial charge in [-0.15, -0.1) is 0 Å². The van der Waals surface area contributed by atoms with Gasteiger partial charge in [0.1, 0.15) is 29.0 Å². The lowest BCUT2D eigenvalue weighted by molar-refractivity contribution is 0.413. The molecule has 1 aromatic heterocycles. The quantitative estimate of drug-likeness (QED) is 0.879. The van der Waals surface area contributed by atoms with Gasteiger partial charge in [-0.3, -0.25) is 0 Å². The molecule has 0 saturated heterocycles. The average molecular weight is 276 g/mol. The summed E-state index contributed by atoms with van der Waals surface area (Å²) in [6, 6.07) is 6.08. The van der Waals surface area contributed by atoms with Gasteiger partial charge >= 0.3 is 0 Å². The van der Waals surface area contributed by atoms with Crippen LogP contribution >= 0.6 is 0 Å². The van der Waals surface area contributed by atoms with E-state index in [-0.39, 0.29) is 5.82 Å². The number of hydrogen-bond acceptors (Lipinski definition) is 5. The highest BCUT2D eigenvalue weighted by molar-refractivity contribution is 5.65. The number of aryl methyl sites for hydroxylation is 1. The molecular formula is C14H17FN4O. The maximum atomic E-state index is 13.2. The van der Waals surface area contributed by atoms with Crippen molar-refractivity contribution in [3.63, 3.8) is 0 Å². The average Bonchev–Trinajstić information content (AvgIpc) is 2.48. The Labute approximate surface area is 117 Å². The Bertz CT molecular complexity index is 581. The van der Waals surface area contributed by atoms with Gasteiger partial charge in [-0.1, -0.05) is 6.92 Å². The lowest BCUT2D eigenvalue weighted by Crippen LogP contribution is -2.04. The first-order valence-electron chi connectivity index (χ1n) is 6.32. The maximum Gasteiger partial charge on any atom is 0.145 e. The predicted molar refractivity (Wildman–Crippen MR) is 77.2 cm³/mol. The fourth-order valence-corrected chi connectivity index (χ4v) is 1.75. The summed E-state index contributed by atoms with van der Waals surface area (Å²) in [5.74, 6) is 2.15. The van der Waals surface area contributed by atoms with Gasteiger partial charge in [0, 0.05) is 25.6 Å². The summed E-state index contributed by atoms with van der Waals surface area (Å²) in [5.41, 5.74) is 0.650. The van der Waals surface area contributed by atoms with Crippen LogP contribution < -0.4 is 15.4 Å². The molecule has 5 nitrogen and oxygen atoms in total. The van der Waals surface area contributed by atoms with Crippen LogP contribution in [0.5, 0.6) is 5.75 Å². The van der Waals surface area contributed by atoms with Crippen molar-refractivity contribution in [2.75, 3.05) is 24.8 Å². The fourth-order valence-electron chi connectivity index (χ4n) is 1.75. The third-order valence-electron chi connectivity index (χ3n) is 2.77. The number of rotatable bonds is 5. The molecule has 2 rings (SSSR count). The number of halogens is 1. The highest BCUT2D eigenvalue weighted by atomic mass is 19.1. The zero-order chi connectivity index (χ0) is 14.5. The Hall–Kier alpha value is -2.37. The molecule has 0 fully saturated rings. The monoisotopic (exact) mass is 276 g/mol. The molecule has 1 aromatic carbocycles. The SMILES string of the molecule is CCc1nc(NC)cc(Nc2ccc(F)cc2OC)n1. The molecule has 2 aromatic rings. The number of anilines is 3. The number of nitrogens with zero attached hydrogens (tertiary/aromatic N) is 2. The Kier molecular flexibility index (Phi) is 4.34. The van der Waals surface area contributed by atoms with E-state index < -0.39 is 0 Å². The van der Waals surface area contributed by atoms with Gasteiger partial charge < -0.3 is 15.4 Å². The number of methoxy groups -OCH3 is 1. The molecule has 0 bridgehead atoms. The van der Waals surface area contributed by atoms with Crippen LogP contribution in [0, 0.1) is 5.82 Å². The minimum atomic E-state index is -0.347. The van der Waals surface area contributed by atoms with Crippen LogP contribution in [0.15, 0.2) is 24.3 Å². The van der Waals surface area contributed by atoms with E-state index in [0.29, 0.717) is 17.3 Å². The lowest BCUT2D eigenvalue weighted by Gasteiger charge is -2.12. The van der Waals surface area contributed by atoms with Crippen molar-refractivity contribution >= 4 is 17.3 Å². The van der Waals surface area contributed by atoms with Crippen LogP contribution in [-0.2, 0) is 6.42 Å². The minimum absolute atomic E-state index is 0.347. The van der Waals surface area contributed by atoms with Crippen LogP contribution in [-0.4, -0.2) is 24.1 Å². The van der Waals surface area contributed by atoms with Gasteiger partial charge in [0.15, 0.2) is 0 Å². The molecule has 6 heteroatoms. The van der Waals surface area contributed by atoms with Gasteiger partial charge in [-0.05, 0) is 12.1 Å². The van der Waals surface area contributed by atoms with E-state index in [9.17, 15) is 4.39 Å². The highest BCUT2D eigenvalue weighted by Crippen LogP contribution is 2.28. The van der Waals surface area contributed by atoms with Crippen LogP contribution in [0.4, 0.5) is 21.7 Å². The van der Waals surface area contributed by atoms with E-state index in [1.165, 1.54) is 19.2 Å². The number of benzene rings is 1. The zero-order valence-corrected chi connectivity index (χ0v) is 11.7. The third kappa shape index (κ3) is 3.14. The Morgan fingerprint density at radius 3 is 2.60 bits per heavy atom. The minimum Gasteiger partial charge on any atom is -0.494 e. The number of ether oxygens (including phenoxy) is 1. The second-order valence-corrected chi connectivity index (χ2v) is 4.13. The van der Waals surface area contributed by atoms with Crippen molar-refractivity contribution in [2.45, 2.75) is 13.3 Å². The van der Waals surface area contributed by atoms with Crippen molar-refractivity contribution in [3.05, 3.63) is 35.9 Å². The smallest absolute Gasteiger partial charge is 0.145 e. The first kappa shape index (κ1) is 14.0. The molecular weight excluding hydrogens is 259 g/mol. The second kappa shape index (κ2) is 6.18. The fraction of sp³-hybridized carbons (Fsp3) is 0.286. The van der Waals surface area contributed by atoms with E-state index in [4.69, 9.17) is 4.74 Å². The highest BCUT2D eigenvalue weighted by Gasteiger charge is 2.08. The van der Waals surface area contributed by atoms with Crippen molar-refractivity contribution in [3.8, 4) is 5.75 Å². The van der Waals surface area contributed by atoms with Crippen molar-refractivity contribution in [1.29, 1.82) is 0 Å². The van der Waals surface area contributed by atoms with Crippen molar-refractivity contribution < 1.29 is 9.13 Å². The van der Waals surface area contributed by atoms with Crippen LogP contribution in [0.2, 0.25) is 0 Å². The maximum absolute atomic E-state index is 13.2. The summed E-state index contributed by atoms with van der Waals surface area (Å²) >= 11 is 0. The Morgan fingerprint density at radius 2 is 1.95 bits per heavy atom. The molecule has 0 radical (unpaired) electrons. The predicted octanol–water partition coefficient (Wildman–Crippen LogP) is 2.97. The number of nitrogens with one attached hydrogen (secondary N) is 2. The molecule has 0 aliphatic carbocycles. The van der Waals surface area contributed by atoms with Gasteiger partial charge in [-0.2, -0.15) is 0 Å². The third-order valence-corrected chi connectivity index (χ3v) is 2.77. The molecule has 20 heavy (non-hydrogen) atoms. The molecule has 0 unspecified atom stereocenters. The van der Waals surface area contributed by atoms with Crippen LogP contribution in [0.1, 0.15) is 12.7 Å². The molecule has 2 N–H and O–H groups in total. The second-order valence-electron chi connectivity index (χ2n) is 4.13. The molecule has 0 atom stereocenters. The molecule has 0 amide bonds. The Balaban J connectivity index is 2.34. The van der Waals surface area contributed by atoms with Gasteiger partial charge in [0.2, 0.25) is 0 Å². The van der Waals surface area contributed by atoms with Crippen molar-refractivity contribution in [1.82, 2.24) is 9.97 Å². The summed E-state index contributed by atoms with van der Waals surface area (Å²) < 4.78 is 18.3. The standard InChI is InChI=1S/C14H17FN4O/c1-4-12-18-13(16-2)8-14(19-12)17-10-6-5-9(15)7-11(10)20-3/h5-8H,4H2,1-3H3,(H2,16,17,18,19). The first-order valence-corrected chi connectivity index (χ1v) is 6.32. The molecule has 1 heterocycles. The van der Waals surface area contributed by atoms with E-state index >= 15 is 0 Å². The van der Waals surface area contributed by atoms with E-state index in [2.05, 4.69) is 20.6 Å². The van der Waals surface area contributed by atoms with Gasteiger partial charge in [-0.25, -0.2) is 14.4 Å². The van der Waals surface area contributed by atoms with Crippen LogP contribution in [0.25, 0.3) is 0 Å². The van der Waals surface area contributed by atoms with Crippen LogP contribution in [0.3, 0.4) is 0 Å². The molecule has 106 valence electrons. The summed E-state index contributed by atoms with van der Waals surface area (Å²) in [7, 11) is 3.29. The number of hydrogen-bond donors (Lipinski definition) is 2. The van der Waals surface area contributed by atoms with Gasteiger partial charge in [0.05, 0.1) is 12.8 Å². The topological polar surface area (TPSA) is 59.1 Å². The molecule has 0 spiro atoms. The Morgan fingerprint density at radius 1 is 1.20 bits per heavy atom. The largest absolute Gasteiger partial charge is 0.494 e. The molecule has 0 aliphatic heterocycles. The summed E-state index contributed by atoms with van der Waals surface area (Å²) in [6.07, 6.45) is 0.727. The number of aromatic nitrogens is 2. The van der Waals surface area contributed by atoms with E-state index in [0.717, 1.165) is 18.1 Å². The summed E-state index contributed by atoms with van der Waals surface area (Å²) in [5, 5.41) is 6.10. The summed E-state index contributed by atoms with van der Waals surface area (Å²) in [4.78, 5) is 8.70. The normalized spacial score (nSPS) is 10.2.